The Morgan fingerprint density at radius 2 is 2.24 bits per heavy atom. The van der Waals surface area contributed by atoms with Crippen molar-refractivity contribution >= 4 is 0 Å². The predicted molar refractivity (Wildman–Crippen MR) is 70.0 cm³/mol. The minimum atomic E-state index is 0.506. The number of H-pyrrole nitrogens is 1. The van der Waals surface area contributed by atoms with Gasteiger partial charge in [-0.15, -0.1) is 0 Å². The molecule has 1 aromatic rings. The molecular formula is C13H24N4. The lowest BCUT2D eigenvalue weighted by Gasteiger charge is -2.28. The van der Waals surface area contributed by atoms with Crippen molar-refractivity contribution in [1.29, 1.82) is 0 Å². The Balaban J connectivity index is 1.93. The van der Waals surface area contributed by atoms with Crippen LogP contribution in [-0.2, 0) is 6.42 Å². The normalized spacial score (nSPS) is 20.6. The van der Waals surface area contributed by atoms with Gasteiger partial charge in [0.1, 0.15) is 5.82 Å². The molecule has 0 spiro atoms. The number of likely N-dealkylation sites (tertiary alicyclic amines) is 1. The third-order valence-corrected chi connectivity index (χ3v) is 3.75. The first-order valence-electron chi connectivity index (χ1n) is 6.61. The average Bonchev–Trinajstić information content (AvgIpc) is 2.78. The van der Waals surface area contributed by atoms with Crippen LogP contribution in [0.5, 0.6) is 0 Å². The number of hydrogen-bond acceptors (Lipinski definition) is 3. The molecule has 1 aromatic heterocycles. The Hall–Kier alpha value is -0.870. The van der Waals surface area contributed by atoms with E-state index in [1.165, 1.54) is 31.6 Å². The second kappa shape index (κ2) is 5.65. The fourth-order valence-corrected chi connectivity index (χ4v) is 2.42. The van der Waals surface area contributed by atoms with Gasteiger partial charge in [0.15, 0.2) is 0 Å². The first-order valence-corrected chi connectivity index (χ1v) is 6.61. The van der Waals surface area contributed by atoms with Crippen LogP contribution in [0.4, 0.5) is 0 Å². The minimum absolute atomic E-state index is 0.506. The van der Waals surface area contributed by atoms with Crippen LogP contribution in [0.2, 0.25) is 0 Å². The summed E-state index contributed by atoms with van der Waals surface area (Å²) in [6.45, 7) is 5.28. The SMILES string of the molecule is CC(CN)Cc1ncc(C2CCN(C)CC2)[nH]1. The predicted octanol–water partition coefficient (Wildman–Crippen LogP) is 1.36. The zero-order valence-electron chi connectivity index (χ0n) is 10.9. The smallest absolute Gasteiger partial charge is 0.106 e. The van der Waals surface area contributed by atoms with E-state index in [2.05, 4.69) is 28.8 Å². The molecule has 0 amide bonds. The molecule has 1 unspecified atom stereocenters. The summed E-state index contributed by atoms with van der Waals surface area (Å²) in [5.41, 5.74) is 6.95. The first kappa shape index (κ1) is 12.6. The summed E-state index contributed by atoms with van der Waals surface area (Å²) in [5.74, 6) is 2.27. The Morgan fingerprint density at radius 3 is 2.88 bits per heavy atom. The molecule has 0 aliphatic carbocycles. The number of nitrogens with one attached hydrogen (secondary N) is 1. The van der Waals surface area contributed by atoms with Gasteiger partial charge in [-0.25, -0.2) is 4.98 Å². The molecule has 0 radical (unpaired) electrons. The molecular weight excluding hydrogens is 212 g/mol. The molecule has 96 valence electrons. The highest BCUT2D eigenvalue weighted by molar-refractivity contribution is 5.09. The largest absolute Gasteiger partial charge is 0.346 e. The molecule has 3 N–H and O–H groups in total. The quantitative estimate of drug-likeness (QED) is 0.830. The molecule has 1 saturated heterocycles. The van der Waals surface area contributed by atoms with Crippen molar-refractivity contribution in [3.63, 3.8) is 0 Å². The Labute approximate surface area is 104 Å². The van der Waals surface area contributed by atoms with E-state index >= 15 is 0 Å². The van der Waals surface area contributed by atoms with Crippen molar-refractivity contribution in [2.24, 2.45) is 11.7 Å². The topological polar surface area (TPSA) is 57.9 Å². The van der Waals surface area contributed by atoms with E-state index < -0.39 is 0 Å². The van der Waals surface area contributed by atoms with Crippen molar-refractivity contribution in [2.75, 3.05) is 26.7 Å². The van der Waals surface area contributed by atoms with Crippen LogP contribution in [-0.4, -0.2) is 41.5 Å². The number of nitrogens with two attached hydrogens (primary N) is 1. The zero-order chi connectivity index (χ0) is 12.3. The fraction of sp³-hybridized carbons (Fsp3) is 0.769. The minimum Gasteiger partial charge on any atom is -0.346 e. The van der Waals surface area contributed by atoms with Crippen LogP contribution < -0.4 is 5.73 Å². The van der Waals surface area contributed by atoms with Crippen LogP contribution in [0.1, 0.15) is 37.2 Å². The molecule has 1 fully saturated rings. The van der Waals surface area contributed by atoms with Gasteiger partial charge in [0.25, 0.3) is 0 Å². The summed E-state index contributed by atoms with van der Waals surface area (Å²) in [7, 11) is 2.19. The lowest BCUT2D eigenvalue weighted by molar-refractivity contribution is 0.253. The van der Waals surface area contributed by atoms with Crippen molar-refractivity contribution in [3.8, 4) is 0 Å². The zero-order valence-corrected chi connectivity index (χ0v) is 10.9. The highest BCUT2D eigenvalue weighted by atomic mass is 15.1. The Kier molecular flexibility index (Phi) is 4.18. The van der Waals surface area contributed by atoms with Crippen LogP contribution in [0.3, 0.4) is 0 Å². The van der Waals surface area contributed by atoms with Crippen molar-refractivity contribution in [1.82, 2.24) is 14.9 Å². The molecule has 4 nitrogen and oxygen atoms in total. The number of piperidine rings is 1. The maximum Gasteiger partial charge on any atom is 0.106 e. The van der Waals surface area contributed by atoms with Gasteiger partial charge >= 0.3 is 0 Å². The lowest BCUT2D eigenvalue weighted by atomic mass is 9.94. The van der Waals surface area contributed by atoms with Gasteiger partial charge in [-0.2, -0.15) is 0 Å². The third-order valence-electron chi connectivity index (χ3n) is 3.75. The van der Waals surface area contributed by atoms with Gasteiger partial charge in [0.2, 0.25) is 0 Å². The maximum atomic E-state index is 5.64. The Morgan fingerprint density at radius 1 is 1.53 bits per heavy atom. The third kappa shape index (κ3) is 3.30. The fourth-order valence-electron chi connectivity index (χ4n) is 2.42. The van der Waals surface area contributed by atoms with E-state index in [1.54, 1.807) is 0 Å². The molecule has 1 aliphatic rings. The van der Waals surface area contributed by atoms with Crippen LogP contribution >= 0.6 is 0 Å². The number of rotatable bonds is 4. The molecule has 4 heteroatoms. The number of aromatic amines is 1. The Bertz CT molecular complexity index is 339. The summed E-state index contributed by atoms with van der Waals surface area (Å²) in [6, 6.07) is 0. The lowest BCUT2D eigenvalue weighted by Crippen LogP contribution is -2.29. The molecule has 0 saturated carbocycles. The number of nitrogens with zero attached hydrogens (tertiary/aromatic N) is 2. The van der Waals surface area contributed by atoms with Gasteiger partial charge in [-0.3, -0.25) is 0 Å². The van der Waals surface area contributed by atoms with E-state index in [0.717, 1.165) is 18.8 Å². The number of aromatic nitrogens is 2. The standard InChI is InChI=1S/C13H24N4/c1-10(8-14)7-13-15-9-12(16-13)11-3-5-17(2)6-4-11/h9-11H,3-8,14H2,1-2H3,(H,15,16). The summed E-state index contributed by atoms with van der Waals surface area (Å²) >= 11 is 0. The second-order valence-corrected chi connectivity index (χ2v) is 5.41. The first-order chi connectivity index (χ1) is 8.19. The highest BCUT2D eigenvalue weighted by Crippen LogP contribution is 2.26. The average molecular weight is 236 g/mol. The number of hydrogen-bond donors (Lipinski definition) is 2. The van der Waals surface area contributed by atoms with Crippen molar-refractivity contribution in [2.45, 2.75) is 32.1 Å². The van der Waals surface area contributed by atoms with Gasteiger partial charge < -0.3 is 15.6 Å². The van der Waals surface area contributed by atoms with Gasteiger partial charge in [-0.1, -0.05) is 6.92 Å². The van der Waals surface area contributed by atoms with Crippen molar-refractivity contribution < 1.29 is 0 Å². The summed E-state index contributed by atoms with van der Waals surface area (Å²) in [5, 5.41) is 0. The summed E-state index contributed by atoms with van der Waals surface area (Å²) in [6.07, 6.45) is 5.47. The van der Waals surface area contributed by atoms with Crippen molar-refractivity contribution in [3.05, 3.63) is 17.7 Å². The van der Waals surface area contributed by atoms with Crippen LogP contribution in [0.15, 0.2) is 6.20 Å². The van der Waals surface area contributed by atoms with E-state index in [4.69, 9.17) is 5.73 Å². The second-order valence-electron chi connectivity index (χ2n) is 5.41. The van der Waals surface area contributed by atoms with Gasteiger partial charge in [0, 0.05) is 24.2 Å². The molecule has 17 heavy (non-hydrogen) atoms. The van der Waals surface area contributed by atoms with Crippen LogP contribution in [0, 0.1) is 5.92 Å². The van der Waals surface area contributed by atoms with Crippen LogP contribution in [0.25, 0.3) is 0 Å². The molecule has 2 heterocycles. The maximum absolute atomic E-state index is 5.64. The van der Waals surface area contributed by atoms with E-state index in [0.29, 0.717) is 11.8 Å². The molecule has 0 bridgehead atoms. The number of imidazole rings is 1. The van der Waals surface area contributed by atoms with E-state index in [9.17, 15) is 0 Å². The molecule has 0 aromatic carbocycles. The molecule has 1 aliphatic heterocycles. The van der Waals surface area contributed by atoms with Gasteiger partial charge in [0.05, 0.1) is 0 Å². The van der Waals surface area contributed by atoms with E-state index in [-0.39, 0.29) is 0 Å². The molecule has 2 rings (SSSR count). The monoisotopic (exact) mass is 236 g/mol. The summed E-state index contributed by atoms with van der Waals surface area (Å²) < 4.78 is 0. The highest BCUT2D eigenvalue weighted by Gasteiger charge is 2.20. The van der Waals surface area contributed by atoms with Gasteiger partial charge in [-0.05, 0) is 45.4 Å². The summed E-state index contributed by atoms with van der Waals surface area (Å²) in [4.78, 5) is 10.3. The van der Waals surface area contributed by atoms with E-state index in [1.807, 2.05) is 6.20 Å². The molecule has 1 atom stereocenters.